The highest BCUT2D eigenvalue weighted by Crippen LogP contribution is 2.48. The molecule has 4 nitrogen and oxygen atoms in total. The van der Waals surface area contributed by atoms with E-state index in [1.807, 2.05) is 18.2 Å². The monoisotopic (exact) mass is 378 g/mol. The molecular formula is C21H31ClN2O2. The molecule has 2 aliphatic carbocycles. The number of benzene rings is 1. The third-order valence-corrected chi connectivity index (χ3v) is 6.78. The number of ether oxygens (including phenoxy) is 1. The van der Waals surface area contributed by atoms with Gasteiger partial charge in [0.05, 0.1) is 12.7 Å². The number of hydrogen-bond donors (Lipinski definition) is 1. The van der Waals surface area contributed by atoms with E-state index in [1.165, 1.54) is 31.4 Å². The van der Waals surface area contributed by atoms with Crippen LogP contribution in [-0.2, 0) is 4.74 Å². The lowest BCUT2D eigenvalue weighted by Crippen LogP contribution is -2.49. The molecule has 2 bridgehead atoms. The molecule has 1 N–H and O–H groups in total. The SMILES string of the molecule is O[C@H](COC[C@H]1C[C@H]2CC[C@H]1C2)CN1CCN(c2cccc(Cl)c2)CC1. The van der Waals surface area contributed by atoms with Crippen molar-refractivity contribution in [1.29, 1.82) is 0 Å². The van der Waals surface area contributed by atoms with Gasteiger partial charge in [0.15, 0.2) is 0 Å². The van der Waals surface area contributed by atoms with Gasteiger partial charge in [-0.05, 0) is 55.2 Å². The lowest BCUT2D eigenvalue weighted by molar-refractivity contribution is -0.00274. The van der Waals surface area contributed by atoms with Gasteiger partial charge < -0.3 is 14.7 Å². The van der Waals surface area contributed by atoms with Crippen LogP contribution in [0.2, 0.25) is 5.02 Å². The Bertz CT molecular complexity index is 591. The number of piperazine rings is 1. The van der Waals surface area contributed by atoms with Crippen molar-refractivity contribution < 1.29 is 9.84 Å². The van der Waals surface area contributed by atoms with Gasteiger partial charge >= 0.3 is 0 Å². The second kappa shape index (κ2) is 8.47. The summed E-state index contributed by atoms with van der Waals surface area (Å²) in [5.74, 6) is 2.62. The third kappa shape index (κ3) is 4.53. The van der Waals surface area contributed by atoms with Crippen molar-refractivity contribution in [1.82, 2.24) is 4.90 Å². The number of rotatable bonds is 7. The van der Waals surface area contributed by atoms with Crippen LogP contribution in [0.25, 0.3) is 0 Å². The highest BCUT2D eigenvalue weighted by Gasteiger charge is 2.39. The first-order valence-electron chi connectivity index (χ1n) is 10.2. The van der Waals surface area contributed by atoms with Crippen LogP contribution in [0.3, 0.4) is 0 Å². The Labute approximate surface area is 162 Å². The molecule has 0 aromatic heterocycles. The van der Waals surface area contributed by atoms with Gasteiger partial charge in [-0.15, -0.1) is 0 Å². The summed E-state index contributed by atoms with van der Waals surface area (Å²) in [5, 5.41) is 11.1. The summed E-state index contributed by atoms with van der Waals surface area (Å²) in [6.07, 6.45) is 5.23. The van der Waals surface area contributed by atoms with Crippen LogP contribution in [0.5, 0.6) is 0 Å². The number of halogens is 1. The predicted molar refractivity (Wildman–Crippen MR) is 106 cm³/mol. The Morgan fingerprint density at radius 2 is 2.00 bits per heavy atom. The van der Waals surface area contributed by atoms with Gasteiger partial charge in [0.2, 0.25) is 0 Å². The maximum Gasteiger partial charge on any atom is 0.0900 e. The molecule has 5 heteroatoms. The minimum Gasteiger partial charge on any atom is -0.389 e. The summed E-state index contributed by atoms with van der Waals surface area (Å²) >= 11 is 6.09. The topological polar surface area (TPSA) is 35.9 Å². The quantitative estimate of drug-likeness (QED) is 0.789. The molecule has 0 spiro atoms. The fourth-order valence-corrected chi connectivity index (χ4v) is 5.33. The van der Waals surface area contributed by atoms with Gasteiger partial charge in [-0.3, -0.25) is 4.90 Å². The first-order chi connectivity index (χ1) is 12.7. The van der Waals surface area contributed by atoms with E-state index < -0.39 is 0 Å². The Morgan fingerprint density at radius 1 is 1.15 bits per heavy atom. The van der Waals surface area contributed by atoms with Crippen LogP contribution in [0.1, 0.15) is 25.7 Å². The van der Waals surface area contributed by atoms with Gasteiger partial charge in [-0.2, -0.15) is 0 Å². The highest BCUT2D eigenvalue weighted by molar-refractivity contribution is 6.30. The molecule has 26 heavy (non-hydrogen) atoms. The van der Waals surface area contributed by atoms with E-state index in [1.54, 1.807) is 0 Å². The molecule has 3 aliphatic rings. The molecule has 3 fully saturated rings. The fourth-order valence-electron chi connectivity index (χ4n) is 5.15. The number of nitrogens with zero attached hydrogens (tertiary/aromatic N) is 2. The van der Waals surface area contributed by atoms with E-state index in [4.69, 9.17) is 16.3 Å². The largest absolute Gasteiger partial charge is 0.389 e. The molecule has 4 atom stereocenters. The van der Waals surface area contributed by atoms with E-state index in [0.717, 1.165) is 55.6 Å². The number of hydrogen-bond acceptors (Lipinski definition) is 4. The van der Waals surface area contributed by atoms with E-state index in [-0.39, 0.29) is 6.10 Å². The van der Waals surface area contributed by atoms with Crippen molar-refractivity contribution >= 4 is 17.3 Å². The zero-order valence-electron chi connectivity index (χ0n) is 15.5. The molecule has 1 saturated heterocycles. The first kappa shape index (κ1) is 18.5. The number of anilines is 1. The molecule has 4 rings (SSSR count). The second-order valence-electron chi connectivity index (χ2n) is 8.39. The lowest BCUT2D eigenvalue weighted by atomic mass is 9.90. The van der Waals surface area contributed by atoms with Crippen molar-refractivity contribution in [2.45, 2.75) is 31.8 Å². The van der Waals surface area contributed by atoms with Crippen LogP contribution in [-0.4, -0.2) is 62.0 Å². The molecule has 1 heterocycles. The van der Waals surface area contributed by atoms with Crippen molar-refractivity contribution in [3.8, 4) is 0 Å². The van der Waals surface area contributed by atoms with Crippen LogP contribution >= 0.6 is 11.6 Å². The molecule has 0 unspecified atom stereocenters. The molecule has 1 aromatic rings. The van der Waals surface area contributed by atoms with Gasteiger partial charge in [-0.25, -0.2) is 0 Å². The fraction of sp³-hybridized carbons (Fsp3) is 0.714. The van der Waals surface area contributed by atoms with Gasteiger partial charge in [-0.1, -0.05) is 24.1 Å². The normalized spacial score (nSPS) is 30.1. The zero-order valence-corrected chi connectivity index (χ0v) is 16.3. The number of fused-ring (bicyclic) bond motifs is 2. The van der Waals surface area contributed by atoms with Crippen LogP contribution in [0, 0.1) is 17.8 Å². The van der Waals surface area contributed by atoms with Crippen LogP contribution in [0.4, 0.5) is 5.69 Å². The van der Waals surface area contributed by atoms with Crippen molar-refractivity contribution in [2.75, 3.05) is 50.8 Å². The first-order valence-corrected chi connectivity index (χ1v) is 10.5. The molecular weight excluding hydrogens is 348 g/mol. The van der Waals surface area contributed by atoms with Crippen molar-refractivity contribution in [3.05, 3.63) is 29.3 Å². The summed E-state index contributed by atoms with van der Waals surface area (Å²) in [6.45, 7) is 5.91. The molecule has 0 amide bonds. The Hall–Kier alpha value is -0.810. The summed E-state index contributed by atoms with van der Waals surface area (Å²) in [5.41, 5.74) is 1.19. The van der Waals surface area contributed by atoms with Gasteiger partial charge in [0.25, 0.3) is 0 Å². The molecule has 1 aromatic carbocycles. The Kier molecular flexibility index (Phi) is 6.04. The van der Waals surface area contributed by atoms with Crippen molar-refractivity contribution in [2.24, 2.45) is 17.8 Å². The van der Waals surface area contributed by atoms with Gasteiger partial charge in [0, 0.05) is 50.0 Å². The minimum absolute atomic E-state index is 0.383. The minimum atomic E-state index is -0.383. The molecule has 2 saturated carbocycles. The van der Waals surface area contributed by atoms with E-state index in [9.17, 15) is 5.11 Å². The second-order valence-corrected chi connectivity index (χ2v) is 8.83. The highest BCUT2D eigenvalue weighted by atomic mass is 35.5. The van der Waals surface area contributed by atoms with Crippen LogP contribution < -0.4 is 4.90 Å². The lowest BCUT2D eigenvalue weighted by Gasteiger charge is -2.37. The predicted octanol–water partition coefficient (Wildman–Crippen LogP) is 3.28. The van der Waals surface area contributed by atoms with E-state index in [2.05, 4.69) is 15.9 Å². The molecule has 144 valence electrons. The molecule has 0 radical (unpaired) electrons. The summed E-state index contributed by atoms with van der Waals surface area (Å²) in [6, 6.07) is 8.05. The van der Waals surface area contributed by atoms with E-state index >= 15 is 0 Å². The van der Waals surface area contributed by atoms with E-state index in [0.29, 0.717) is 13.2 Å². The Balaban J connectivity index is 1.14. The Morgan fingerprint density at radius 3 is 2.69 bits per heavy atom. The maximum absolute atomic E-state index is 10.3. The average molecular weight is 379 g/mol. The number of aliphatic hydroxyl groups excluding tert-OH is 1. The number of β-amino-alcohol motifs (C(OH)–C–C–N with tert-alkyl or cyclic N) is 1. The third-order valence-electron chi connectivity index (χ3n) is 6.54. The average Bonchev–Trinajstić information content (AvgIpc) is 3.25. The molecule has 1 aliphatic heterocycles. The van der Waals surface area contributed by atoms with Gasteiger partial charge in [0.1, 0.15) is 0 Å². The smallest absolute Gasteiger partial charge is 0.0900 e. The standard InChI is InChI=1S/C21H31ClN2O2/c22-19-2-1-3-20(12-19)24-8-6-23(7-9-24)13-21(25)15-26-14-18-11-16-4-5-17(18)10-16/h1-3,12,16-18,21,25H,4-11,13-15H2/t16-,17-,18+,21-/m0/s1. The summed E-state index contributed by atoms with van der Waals surface area (Å²) in [4.78, 5) is 4.70. The van der Waals surface area contributed by atoms with Crippen molar-refractivity contribution in [3.63, 3.8) is 0 Å². The maximum atomic E-state index is 10.3. The zero-order chi connectivity index (χ0) is 17.9. The summed E-state index contributed by atoms with van der Waals surface area (Å²) < 4.78 is 5.88. The summed E-state index contributed by atoms with van der Waals surface area (Å²) in [7, 11) is 0. The number of aliphatic hydroxyl groups is 1. The van der Waals surface area contributed by atoms with Crippen LogP contribution in [0.15, 0.2) is 24.3 Å².